The first-order chi connectivity index (χ1) is 14.6. The second kappa shape index (κ2) is 9.55. The molecule has 3 aromatic rings. The number of carbonyl (C=O) groups is 1. The molecule has 0 spiro atoms. The monoisotopic (exact) mass is 426 g/mol. The van der Waals surface area contributed by atoms with Crippen LogP contribution in [0, 0.1) is 0 Å². The molecule has 158 valence electrons. The Morgan fingerprint density at radius 3 is 2.57 bits per heavy atom. The summed E-state index contributed by atoms with van der Waals surface area (Å²) in [6.45, 7) is 7.73. The van der Waals surface area contributed by atoms with E-state index in [4.69, 9.17) is 9.72 Å². The van der Waals surface area contributed by atoms with Crippen LogP contribution in [0.3, 0.4) is 0 Å². The van der Waals surface area contributed by atoms with Crippen molar-refractivity contribution in [3.8, 4) is 5.75 Å². The van der Waals surface area contributed by atoms with Crippen molar-refractivity contribution >= 4 is 27.5 Å². The summed E-state index contributed by atoms with van der Waals surface area (Å²) < 4.78 is 6.44. The normalized spacial score (nSPS) is 20.1. The number of nitrogens with one attached hydrogen (secondary N) is 3. The van der Waals surface area contributed by atoms with Gasteiger partial charge < -0.3 is 19.9 Å². The number of hydrogen-bond acceptors (Lipinski definition) is 4. The van der Waals surface area contributed by atoms with Crippen LogP contribution in [0.4, 0.5) is 0 Å². The molecule has 7 heteroatoms. The van der Waals surface area contributed by atoms with Crippen molar-refractivity contribution in [3.63, 3.8) is 0 Å². The summed E-state index contributed by atoms with van der Waals surface area (Å²) in [6, 6.07) is 16.1. The molecule has 30 heavy (non-hydrogen) atoms. The number of hydrogen-bond donors (Lipinski definition) is 3. The lowest BCUT2D eigenvalue weighted by Gasteiger charge is -2.32. The van der Waals surface area contributed by atoms with E-state index >= 15 is 0 Å². The Balaban J connectivity index is 1.23. The molecule has 0 unspecified atom stereocenters. The molecule has 2 aromatic carbocycles. The summed E-state index contributed by atoms with van der Waals surface area (Å²) >= 11 is 1.80. The molecular formula is C23H30N4O2S+2. The second-order valence-electron chi connectivity index (χ2n) is 7.95. The van der Waals surface area contributed by atoms with E-state index in [2.05, 4.69) is 23.5 Å². The minimum atomic E-state index is -0.0350. The lowest BCUT2D eigenvalue weighted by molar-refractivity contribution is -1.02. The first kappa shape index (κ1) is 20.8. The highest BCUT2D eigenvalue weighted by atomic mass is 32.1. The molecule has 1 atom stereocenters. The molecule has 0 radical (unpaired) electrons. The fraction of sp³-hybridized carbons (Fsp3) is 0.391. The number of amides is 1. The zero-order valence-corrected chi connectivity index (χ0v) is 18.4. The van der Waals surface area contributed by atoms with Crippen molar-refractivity contribution in [1.29, 1.82) is 0 Å². The number of nitrogens with zero attached hydrogens (tertiary/aromatic N) is 1. The Morgan fingerprint density at radius 1 is 1.13 bits per heavy atom. The van der Waals surface area contributed by atoms with Crippen LogP contribution in [-0.2, 0) is 17.9 Å². The number of fused-ring (bicyclic) bond motifs is 1. The maximum atomic E-state index is 12.6. The highest BCUT2D eigenvalue weighted by Crippen LogP contribution is 2.20. The molecule has 1 amide bonds. The van der Waals surface area contributed by atoms with Crippen molar-refractivity contribution in [2.75, 3.05) is 33.3 Å². The van der Waals surface area contributed by atoms with E-state index in [1.165, 1.54) is 14.6 Å². The summed E-state index contributed by atoms with van der Waals surface area (Å²) in [6.07, 6.45) is 0. The van der Waals surface area contributed by atoms with E-state index in [0.29, 0.717) is 6.54 Å². The smallest absolute Gasteiger partial charge is 0.278 e. The number of aromatic nitrogens is 1. The molecule has 6 nitrogen and oxygen atoms in total. The summed E-state index contributed by atoms with van der Waals surface area (Å²) in [5.41, 5.74) is 2.18. The Kier molecular flexibility index (Phi) is 6.62. The second-order valence-corrected chi connectivity index (χ2v) is 9.06. The van der Waals surface area contributed by atoms with E-state index in [9.17, 15) is 4.79 Å². The highest BCUT2D eigenvalue weighted by molar-refractivity contribution is 7.18. The molecule has 0 aliphatic carbocycles. The zero-order valence-electron chi connectivity index (χ0n) is 17.6. The number of quaternary nitrogens is 2. The van der Waals surface area contributed by atoms with Gasteiger partial charge in [0.2, 0.25) is 0 Å². The third-order valence-electron chi connectivity index (χ3n) is 5.97. The van der Waals surface area contributed by atoms with Gasteiger partial charge in [-0.3, -0.25) is 4.79 Å². The van der Waals surface area contributed by atoms with E-state index in [1.54, 1.807) is 23.3 Å². The number of methoxy groups -OCH3 is 1. The number of ether oxygens (including phenoxy) is 1. The van der Waals surface area contributed by atoms with Crippen molar-refractivity contribution < 1.29 is 19.3 Å². The predicted molar refractivity (Wildman–Crippen MR) is 119 cm³/mol. The Hall–Kier alpha value is -2.48. The van der Waals surface area contributed by atoms with Crippen LogP contribution in [-0.4, -0.2) is 50.2 Å². The molecule has 3 N–H and O–H groups in total. The molecule has 1 aliphatic rings. The van der Waals surface area contributed by atoms with Gasteiger partial charge in [0.1, 0.15) is 43.5 Å². The SMILES string of the molecule is COc1ccc(CNC(=O)[C@@H](C)[NH+]2CC[NH+](Cc3nc4ccccc4s3)CC2)cc1. The van der Waals surface area contributed by atoms with Gasteiger partial charge in [0.25, 0.3) is 5.91 Å². The zero-order chi connectivity index (χ0) is 20.9. The first-order valence-corrected chi connectivity index (χ1v) is 11.4. The third kappa shape index (κ3) is 4.98. The van der Waals surface area contributed by atoms with Crippen LogP contribution in [0.25, 0.3) is 10.2 Å². The maximum Gasteiger partial charge on any atom is 0.278 e. The minimum absolute atomic E-state index is 0.0350. The van der Waals surface area contributed by atoms with E-state index in [-0.39, 0.29) is 11.9 Å². The number of benzene rings is 2. The van der Waals surface area contributed by atoms with Gasteiger partial charge in [0.05, 0.1) is 17.3 Å². The Morgan fingerprint density at radius 2 is 1.87 bits per heavy atom. The third-order valence-corrected chi connectivity index (χ3v) is 7.01. The molecule has 4 rings (SSSR count). The van der Waals surface area contributed by atoms with Gasteiger partial charge in [-0.1, -0.05) is 24.3 Å². The maximum absolute atomic E-state index is 12.6. The molecule has 1 aliphatic heterocycles. The van der Waals surface area contributed by atoms with Crippen molar-refractivity contribution in [2.24, 2.45) is 0 Å². The Bertz CT molecular complexity index is 947. The topological polar surface area (TPSA) is 60.1 Å². The van der Waals surface area contributed by atoms with E-state index in [0.717, 1.165) is 49.6 Å². The molecule has 0 saturated carbocycles. The van der Waals surface area contributed by atoms with Gasteiger partial charge in [-0.15, -0.1) is 11.3 Å². The van der Waals surface area contributed by atoms with Crippen LogP contribution < -0.4 is 19.9 Å². The number of rotatable bonds is 7. The molecule has 1 aromatic heterocycles. The first-order valence-electron chi connectivity index (χ1n) is 10.6. The standard InChI is InChI=1S/C23H28N4O2S/c1-17(23(28)24-15-18-7-9-19(29-2)10-8-18)27-13-11-26(12-14-27)16-22-25-20-5-3-4-6-21(20)30-22/h3-10,17H,11-16H2,1-2H3,(H,24,28)/p+2/t17-/m1/s1. The summed E-state index contributed by atoms with van der Waals surface area (Å²) in [4.78, 5) is 20.3. The molecule has 1 fully saturated rings. The van der Waals surface area contributed by atoms with Gasteiger partial charge in [0, 0.05) is 6.54 Å². The van der Waals surface area contributed by atoms with E-state index in [1.807, 2.05) is 37.3 Å². The number of para-hydroxylation sites is 1. The molecular weight excluding hydrogens is 396 g/mol. The van der Waals surface area contributed by atoms with Crippen LogP contribution in [0.15, 0.2) is 48.5 Å². The average Bonchev–Trinajstić information content (AvgIpc) is 3.20. The van der Waals surface area contributed by atoms with E-state index < -0.39 is 0 Å². The Labute approximate surface area is 181 Å². The van der Waals surface area contributed by atoms with Gasteiger partial charge in [-0.2, -0.15) is 0 Å². The molecule has 1 saturated heterocycles. The van der Waals surface area contributed by atoms with Crippen molar-refractivity contribution in [1.82, 2.24) is 10.3 Å². The fourth-order valence-electron chi connectivity index (χ4n) is 4.01. The number of thiazole rings is 1. The highest BCUT2D eigenvalue weighted by Gasteiger charge is 2.31. The van der Waals surface area contributed by atoms with Crippen LogP contribution in [0.2, 0.25) is 0 Å². The fourth-order valence-corrected chi connectivity index (χ4v) is 5.05. The summed E-state index contributed by atoms with van der Waals surface area (Å²) in [7, 11) is 1.65. The van der Waals surface area contributed by atoms with Gasteiger partial charge >= 0.3 is 0 Å². The van der Waals surface area contributed by atoms with Crippen molar-refractivity contribution in [3.05, 3.63) is 59.1 Å². The summed E-state index contributed by atoms with van der Waals surface area (Å²) in [5, 5.41) is 4.29. The van der Waals surface area contributed by atoms with Crippen LogP contribution in [0.1, 0.15) is 17.5 Å². The lowest BCUT2D eigenvalue weighted by Crippen LogP contribution is -3.29. The molecule has 2 heterocycles. The van der Waals surface area contributed by atoms with Crippen molar-refractivity contribution in [2.45, 2.75) is 26.1 Å². The van der Waals surface area contributed by atoms with Gasteiger partial charge in [-0.05, 0) is 36.8 Å². The van der Waals surface area contributed by atoms with Gasteiger partial charge in [0.15, 0.2) is 6.04 Å². The van der Waals surface area contributed by atoms with Crippen LogP contribution >= 0.6 is 11.3 Å². The number of piperazine rings is 1. The van der Waals surface area contributed by atoms with Crippen LogP contribution in [0.5, 0.6) is 5.75 Å². The number of carbonyl (C=O) groups excluding carboxylic acids is 1. The average molecular weight is 427 g/mol. The minimum Gasteiger partial charge on any atom is -0.497 e. The quantitative estimate of drug-likeness (QED) is 0.509. The lowest BCUT2D eigenvalue weighted by atomic mass is 10.2. The summed E-state index contributed by atoms with van der Waals surface area (Å²) in [5.74, 6) is 0.949. The largest absolute Gasteiger partial charge is 0.497 e. The molecule has 0 bridgehead atoms. The predicted octanol–water partition coefficient (Wildman–Crippen LogP) is 0.293. The van der Waals surface area contributed by atoms with Gasteiger partial charge in [-0.25, -0.2) is 4.98 Å².